The number of fused-ring (bicyclic) bond motifs is 3. The van der Waals surface area contributed by atoms with Crippen LogP contribution in [0.15, 0.2) is 54.6 Å². The molecule has 1 saturated carbocycles. The minimum absolute atomic E-state index is 0.132. The molecule has 0 radical (unpaired) electrons. The number of hydrogen-bond acceptors (Lipinski definition) is 3. The number of carbonyl (C=O) groups is 1. The second-order valence-electron chi connectivity index (χ2n) is 7.10. The molecular formula is C21H24N2O. The molecule has 3 fully saturated rings. The Kier molecular flexibility index (Phi) is 4.11. The van der Waals surface area contributed by atoms with E-state index < -0.39 is 0 Å². The fourth-order valence-electron chi connectivity index (χ4n) is 4.49. The Hall–Kier alpha value is -2.13. The van der Waals surface area contributed by atoms with Gasteiger partial charge in [-0.15, -0.1) is 0 Å². The molecule has 0 spiro atoms. The third-order valence-electron chi connectivity index (χ3n) is 5.62. The van der Waals surface area contributed by atoms with Crippen molar-refractivity contribution in [1.29, 1.82) is 0 Å². The summed E-state index contributed by atoms with van der Waals surface area (Å²) in [7, 11) is 0. The number of ketones is 1. The van der Waals surface area contributed by atoms with Gasteiger partial charge in [0.2, 0.25) is 0 Å². The maximum atomic E-state index is 12.5. The van der Waals surface area contributed by atoms with Crippen LogP contribution < -0.4 is 5.73 Å². The molecule has 124 valence electrons. The lowest BCUT2D eigenvalue weighted by Crippen LogP contribution is -2.54. The molecule has 5 rings (SSSR count). The number of nitrogens with zero attached hydrogens (tertiary/aromatic N) is 1. The highest BCUT2D eigenvalue weighted by atomic mass is 16.1. The van der Waals surface area contributed by atoms with Gasteiger partial charge in [-0.3, -0.25) is 9.69 Å². The fraction of sp³-hybridized carbons (Fsp3) is 0.381. The van der Waals surface area contributed by atoms with Gasteiger partial charge < -0.3 is 5.73 Å². The number of benzene rings is 2. The zero-order valence-corrected chi connectivity index (χ0v) is 13.9. The van der Waals surface area contributed by atoms with Gasteiger partial charge in [0, 0.05) is 36.7 Å². The number of nitrogen functional groups attached to an aromatic ring is 1. The summed E-state index contributed by atoms with van der Waals surface area (Å²) in [4.78, 5) is 15.1. The van der Waals surface area contributed by atoms with Crippen LogP contribution in [0.1, 0.15) is 36.4 Å². The summed E-state index contributed by atoms with van der Waals surface area (Å²) in [6, 6.07) is 19.3. The van der Waals surface area contributed by atoms with Crippen molar-refractivity contribution in [3.05, 3.63) is 65.7 Å². The third kappa shape index (κ3) is 2.84. The Morgan fingerprint density at radius 3 is 2.62 bits per heavy atom. The van der Waals surface area contributed by atoms with Crippen molar-refractivity contribution in [2.45, 2.75) is 37.8 Å². The lowest BCUT2D eigenvalue weighted by molar-refractivity contribution is -0.138. The standard InChI is InChI=1S/C21H24N2O/c22-17-8-4-7-16(13-17)21-19-10-9-18(14-20(19)24)23(21)12-11-15-5-2-1-3-6-15/h1-8,13,18-19,21H,9-12,14,22H2. The van der Waals surface area contributed by atoms with E-state index in [0.29, 0.717) is 11.8 Å². The minimum atomic E-state index is 0.132. The van der Waals surface area contributed by atoms with Crippen LogP contribution in [0.2, 0.25) is 0 Å². The van der Waals surface area contributed by atoms with Crippen molar-refractivity contribution in [3.63, 3.8) is 0 Å². The molecule has 0 amide bonds. The van der Waals surface area contributed by atoms with E-state index in [-0.39, 0.29) is 12.0 Å². The summed E-state index contributed by atoms with van der Waals surface area (Å²) < 4.78 is 0. The summed E-state index contributed by atoms with van der Waals surface area (Å²) >= 11 is 0. The van der Waals surface area contributed by atoms with E-state index in [2.05, 4.69) is 41.3 Å². The molecule has 2 aromatic carbocycles. The first kappa shape index (κ1) is 15.4. The SMILES string of the molecule is Nc1cccc(C2C3CCC(CC3=O)N2CCc2ccccc2)c1. The molecule has 2 aromatic rings. The number of Topliss-reactive ketones (excluding diaryl/α,β-unsaturated/α-hetero) is 1. The van der Waals surface area contributed by atoms with Crippen LogP contribution in [0.4, 0.5) is 5.69 Å². The van der Waals surface area contributed by atoms with Gasteiger partial charge in [-0.05, 0) is 42.5 Å². The predicted molar refractivity (Wildman–Crippen MR) is 96.6 cm³/mol. The zero-order valence-electron chi connectivity index (χ0n) is 13.9. The molecule has 3 nitrogen and oxygen atoms in total. The van der Waals surface area contributed by atoms with Gasteiger partial charge in [-0.1, -0.05) is 42.5 Å². The zero-order chi connectivity index (χ0) is 16.5. The molecule has 3 atom stereocenters. The van der Waals surface area contributed by atoms with Gasteiger partial charge in [-0.25, -0.2) is 0 Å². The van der Waals surface area contributed by atoms with Crippen LogP contribution in [0.25, 0.3) is 0 Å². The molecule has 3 heteroatoms. The number of piperidine rings is 2. The van der Waals surface area contributed by atoms with Crippen molar-refractivity contribution in [2.24, 2.45) is 5.92 Å². The van der Waals surface area contributed by atoms with Crippen LogP contribution >= 0.6 is 0 Å². The molecule has 0 aromatic heterocycles. The molecule has 3 aliphatic rings. The summed E-state index contributed by atoms with van der Waals surface area (Å²) in [6.45, 7) is 0.998. The van der Waals surface area contributed by atoms with Gasteiger partial charge in [0.15, 0.2) is 0 Å². The lowest BCUT2D eigenvalue weighted by Gasteiger charge is -2.51. The van der Waals surface area contributed by atoms with Crippen molar-refractivity contribution in [3.8, 4) is 0 Å². The first-order chi connectivity index (χ1) is 11.7. The Bertz CT molecular complexity index is 728. The first-order valence-corrected chi connectivity index (χ1v) is 8.90. The van der Waals surface area contributed by atoms with E-state index in [4.69, 9.17) is 5.73 Å². The average molecular weight is 320 g/mol. The summed E-state index contributed by atoms with van der Waals surface area (Å²) in [6.07, 6.45) is 3.91. The van der Waals surface area contributed by atoms with E-state index in [1.807, 2.05) is 18.2 Å². The van der Waals surface area contributed by atoms with Gasteiger partial charge in [0.25, 0.3) is 0 Å². The van der Waals surface area contributed by atoms with E-state index in [1.54, 1.807) is 0 Å². The molecule has 2 bridgehead atoms. The maximum absolute atomic E-state index is 12.5. The Morgan fingerprint density at radius 2 is 1.88 bits per heavy atom. The lowest BCUT2D eigenvalue weighted by atomic mass is 9.71. The monoisotopic (exact) mass is 320 g/mol. The molecule has 2 saturated heterocycles. The van der Waals surface area contributed by atoms with E-state index in [9.17, 15) is 4.79 Å². The number of nitrogens with two attached hydrogens (primary N) is 1. The summed E-state index contributed by atoms with van der Waals surface area (Å²) in [5.74, 6) is 0.571. The highest BCUT2D eigenvalue weighted by Crippen LogP contribution is 2.45. The normalized spacial score (nSPS) is 26.7. The number of carbonyl (C=O) groups excluding carboxylic acids is 1. The molecule has 2 aliphatic heterocycles. The molecule has 1 aliphatic carbocycles. The molecule has 24 heavy (non-hydrogen) atoms. The van der Waals surface area contributed by atoms with E-state index in [1.165, 1.54) is 11.1 Å². The Balaban J connectivity index is 1.61. The van der Waals surface area contributed by atoms with Crippen molar-refractivity contribution < 1.29 is 4.79 Å². The van der Waals surface area contributed by atoms with Crippen molar-refractivity contribution >= 4 is 11.5 Å². The van der Waals surface area contributed by atoms with Crippen molar-refractivity contribution in [2.75, 3.05) is 12.3 Å². The van der Waals surface area contributed by atoms with Crippen LogP contribution in [-0.4, -0.2) is 23.3 Å². The Labute approximate surface area is 143 Å². The number of anilines is 1. The predicted octanol–water partition coefficient (Wildman–Crippen LogP) is 3.61. The fourth-order valence-corrected chi connectivity index (χ4v) is 4.49. The Morgan fingerprint density at radius 1 is 1.04 bits per heavy atom. The average Bonchev–Trinajstić information content (AvgIpc) is 2.61. The second-order valence-corrected chi connectivity index (χ2v) is 7.10. The van der Waals surface area contributed by atoms with Crippen molar-refractivity contribution in [1.82, 2.24) is 4.90 Å². The smallest absolute Gasteiger partial charge is 0.139 e. The number of hydrogen-bond donors (Lipinski definition) is 1. The number of rotatable bonds is 4. The van der Waals surface area contributed by atoms with Crippen LogP contribution in [-0.2, 0) is 11.2 Å². The van der Waals surface area contributed by atoms with Gasteiger partial charge >= 0.3 is 0 Å². The second kappa shape index (κ2) is 6.40. The molecule has 2 N–H and O–H groups in total. The highest BCUT2D eigenvalue weighted by molar-refractivity contribution is 5.84. The molecule has 2 heterocycles. The van der Waals surface area contributed by atoms with Gasteiger partial charge in [0.05, 0.1) is 0 Å². The highest BCUT2D eigenvalue weighted by Gasteiger charge is 2.46. The van der Waals surface area contributed by atoms with Gasteiger partial charge in [0.1, 0.15) is 5.78 Å². The van der Waals surface area contributed by atoms with Crippen LogP contribution in [0.5, 0.6) is 0 Å². The third-order valence-corrected chi connectivity index (χ3v) is 5.62. The van der Waals surface area contributed by atoms with Crippen LogP contribution in [0.3, 0.4) is 0 Å². The van der Waals surface area contributed by atoms with E-state index >= 15 is 0 Å². The molecular weight excluding hydrogens is 296 g/mol. The van der Waals surface area contributed by atoms with E-state index in [0.717, 1.165) is 37.9 Å². The summed E-state index contributed by atoms with van der Waals surface area (Å²) in [5, 5.41) is 0. The minimum Gasteiger partial charge on any atom is -0.399 e. The topological polar surface area (TPSA) is 46.3 Å². The van der Waals surface area contributed by atoms with Crippen LogP contribution in [0, 0.1) is 5.92 Å². The maximum Gasteiger partial charge on any atom is 0.139 e. The largest absolute Gasteiger partial charge is 0.399 e. The molecule has 3 unspecified atom stereocenters. The summed E-state index contributed by atoms with van der Waals surface area (Å²) in [5.41, 5.74) is 9.34. The first-order valence-electron chi connectivity index (χ1n) is 8.90. The quantitative estimate of drug-likeness (QED) is 0.876. The van der Waals surface area contributed by atoms with Gasteiger partial charge in [-0.2, -0.15) is 0 Å².